The Morgan fingerprint density at radius 2 is 2.00 bits per heavy atom. The second-order valence-electron chi connectivity index (χ2n) is 0.739. The Hall–Kier alpha value is 0.930. The van der Waals surface area contributed by atoms with Crippen molar-refractivity contribution in [2.24, 2.45) is 5.84 Å². The molecule has 0 bridgehead atoms. The van der Waals surface area contributed by atoms with Gasteiger partial charge in [-0.1, -0.05) is 25.6 Å². The number of hydrogen-bond acceptors (Lipinski definition) is 4. The molecular weight excluding hydrogens is 157 g/mol. The maximum absolute atomic E-state index is 10.0. The molecule has 0 aromatic rings. The van der Waals surface area contributed by atoms with E-state index in [1.165, 1.54) is 0 Å². The maximum atomic E-state index is 10.0. The molecule has 3 N–H and O–H groups in total. The van der Waals surface area contributed by atoms with E-state index in [9.17, 15) is 4.79 Å². The van der Waals surface area contributed by atoms with E-state index in [1.54, 1.807) is 5.43 Å². The first-order valence-electron chi connectivity index (χ1n) is 1.37. The number of urea groups is 1. The molecule has 0 aromatic carbocycles. The molecule has 4 nitrogen and oxygen atoms in total. The van der Waals surface area contributed by atoms with Crippen molar-refractivity contribution in [2.45, 2.75) is 0 Å². The van der Waals surface area contributed by atoms with Crippen LogP contribution in [0.4, 0.5) is 4.79 Å². The molecule has 0 spiro atoms. The number of hydrazine groups is 1. The van der Waals surface area contributed by atoms with E-state index in [0.29, 0.717) is 0 Å². The molecule has 0 aromatic heterocycles. The minimum absolute atomic E-state index is 0. The number of thiol groups is 2. The van der Waals surface area contributed by atoms with Gasteiger partial charge in [-0.15, -0.1) is 0 Å². The average molecular weight is 163 g/mol. The summed E-state index contributed by atoms with van der Waals surface area (Å²) < 4.78 is 0.736. The summed E-state index contributed by atoms with van der Waals surface area (Å²) in [4.78, 5) is 10.0. The zero-order valence-electron chi connectivity index (χ0n) is 3.33. The number of carbonyl (C=O) groups excluding carboxylic acids is 1. The fraction of sp³-hybridized carbons (Fsp3) is 0. The van der Waals surface area contributed by atoms with E-state index < -0.39 is 6.03 Å². The molecule has 7 heteroatoms. The van der Waals surface area contributed by atoms with Crippen LogP contribution in [0.3, 0.4) is 0 Å². The number of nitrogens with two attached hydrogens (primary N) is 1. The van der Waals surface area contributed by atoms with E-state index in [2.05, 4.69) is 31.5 Å². The second-order valence-corrected chi connectivity index (χ2v) is 1.85. The summed E-state index contributed by atoms with van der Waals surface area (Å²) in [6.07, 6.45) is 0. The van der Waals surface area contributed by atoms with Crippen LogP contribution in [0, 0.1) is 0 Å². The monoisotopic (exact) mass is 163 g/mol. The van der Waals surface area contributed by atoms with Gasteiger partial charge in [-0.05, 0) is 0 Å². The van der Waals surface area contributed by atoms with Gasteiger partial charge in [-0.3, -0.25) is 5.43 Å². The summed E-state index contributed by atoms with van der Waals surface area (Å²) in [6.45, 7) is 0. The van der Waals surface area contributed by atoms with Crippen LogP contribution in [-0.4, -0.2) is 39.3 Å². The molecule has 0 saturated carbocycles. The zero-order valence-corrected chi connectivity index (χ0v) is 5.12. The molecule has 0 saturated heterocycles. The summed E-state index contributed by atoms with van der Waals surface area (Å²) >= 11 is 6.96. The van der Waals surface area contributed by atoms with Gasteiger partial charge in [0.25, 0.3) is 0 Å². The third kappa shape index (κ3) is 5.07. The van der Waals surface area contributed by atoms with Crippen molar-refractivity contribution in [3.8, 4) is 0 Å². The molecule has 0 rings (SSSR count). The van der Waals surface area contributed by atoms with E-state index in [1.807, 2.05) is 0 Å². The topological polar surface area (TPSA) is 58.4 Å². The van der Waals surface area contributed by atoms with E-state index >= 15 is 0 Å². The molecule has 0 aliphatic heterocycles. The van der Waals surface area contributed by atoms with Crippen LogP contribution in [-0.2, 0) is 0 Å². The Morgan fingerprint density at radius 3 is 2.00 bits per heavy atom. The Bertz CT molecular complexity index is 77.7. The van der Waals surface area contributed by atoms with Crippen LogP contribution in [0.1, 0.15) is 0 Å². The second kappa shape index (κ2) is 6.06. The quantitative estimate of drug-likeness (QED) is 0.121. The summed E-state index contributed by atoms with van der Waals surface area (Å²) in [6, 6.07) is -0.563. The Kier molecular flexibility index (Phi) is 8.85. The summed E-state index contributed by atoms with van der Waals surface area (Å²) in [7, 11) is 0. The Morgan fingerprint density at radius 1 is 1.62 bits per heavy atom. The SMILES string of the molecule is NNC(=O)N(S)S.[NaH]. The standard InChI is InChI=1S/CH5N3OS2.Na.H/c2-3-1(5)4(6)7;;/h6-7H,2H2,(H,3,5);;. The van der Waals surface area contributed by atoms with Gasteiger partial charge in [0.15, 0.2) is 0 Å². The molecule has 0 heterocycles. The van der Waals surface area contributed by atoms with Gasteiger partial charge in [0, 0.05) is 0 Å². The third-order valence-corrected chi connectivity index (χ3v) is 0.668. The van der Waals surface area contributed by atoms with Crippen molar-refractivity contribution in [1.82, 2.24) is 9.14 Å². The molecule has 0 aliphatic carbocycles. The number of nitrogens with one attached hydrogen (secondary N) is 1. The number of nitrogens with zero attached hydrogens (tertiary/aromatic N) is 1. The van der Waals surface area contributed by atoms with Gasteiger partial charge in [0.2, 0.25) is 0 Å². The minimum atomic E-state index is -0.563. The van der Waals surface area contributed by atoms with Gasteiger partial charge in [-0.2, -0.15) is 0 Å². The normalized spacial score (nSPS) is 6.88. The van der Waals surface area contributed by atoms with Crippen LogP contribution in [0.15, 0.2) is 0 Å². The summed E-state index contributed by atoms with van der Waals surface area (Å²) in [5, 5.41) is 0. The van der Waals surface area contributed by atoms with Crippen molar-refractivity contribution in [3.05, 3.63) is 0 Å². The van der Waals surface area contributed by atoms with Gasteiger partial charge >= 0.3 is 35.6 Å². The van der Waals surface area contributed by atoms with Gasteiger partial charge in [-0.25, -0.2) is 14.3 Å². The zero-order chi connectivity index (χ0) is 5.86. The van der Waals surface area contributed by atoms with Crippen LogP contribution in [0.5, 0.6) is 0 Å². The van der Waals surface area contributed by atoms with E-state index in [4.69, 9.17) is 0 Å². The first-order chi connectivity index (χ1) is 3.18. The molecular formula is CH6N3NaOS2. The third-order valence-electron chi connectivity index (χ3n) is 0.305. The summed E-state index contributed by atoms with van der Waals surface area (Å²) in [5.41, 5.74) is 1.80. The van der Waals surface area contributed by atoms with Crippen molar-refractivity contribution < 1.29 is 4.79 Å². The van der Waals surface area contributed by atoms with E-state index in [0.717, 1.165) is 3.71 Å². The number of amides is 2. The molecule has 0 atom stereocenters. The molecule has 2 amide bonds. The first-order valence-corrected chi connectivity index (χ1v) is 2.17. The molecule has 44 valence electrons. The number of rotatable bonds is 0. The average Bonchev–Trinajstić information content (AvgIpc) is 1.65. The molecule has 0 fully saturated rings. The van der Waals surface area contributed by atoms with Crippen LogP contribution in [0.25, 0.3) is 0 Å². The van der Waals surface area contributed by atoms with Gasteiger partial charge in [0.05, 0.1) is 0 Å². The van der Waals surface area contributed by atoms with Crippen molar-refractivity contribution >= 4 is 61.2 Å². The predicted molar refractivity (Wildman–Crippen MR) is 39.7 cm³/mol. The van der Waals surface area contributed by atoms with Gasteiger partial charge in [0.1, 0.15) is 0 Å². The molecule has 0 aliphatic rings. The molecule has 0 radical (unpaired) electrons. The van der Waals surface area contributed by atoms with Crippen molar-refractivity contribution in [2.75, 3.05) is 0 Å². The van der Waals surface area contributed by atoms with Crippen LogP contribution < -0.4 is 11.3 Å². The predicted octanol–water partition coefficient (Wildman–Crippen LogP) is -1.09. The van der Waals surface area contributed by atoms with Crippen molar-refractivity contribution in [1.29, 1.82) is 0 Å². The van der Waals surface area contributed by atoms with Crippen LogP contribution >= 0.6 is 25.6 Å². The molecule has 8 heavy (non-hydrogen) atoms. The first kappa shape index (κ1) is 11.7. The van der Waals surface area contributed by atoms with Gasteiger partial charge < -0.3 is 0 Å². The number of hydrogen-bond donors (Lipinski definition) is 4. The van der Waals surface area contributed by atoms with Crippen molar-refractivity contribution in [3.63, 3.8) is 0 Å². The number of carbonyl (C=O) groups is 1. The molecule has 0 unspecified atom stereocenters. The van der Waals surface area contributed by atoms with Crippen LogP contribution in [0.2, 0.25) is 0 Å². The summed E-state index contributed by atoms with van der Waals surface area (Å²) in [5.74, 6) is 4.63. The Labute approximate surface area is 80.5 Å². The fourth-order valence-corrected chi connectivity index (χ4v) is 0.173. The van der Waals surface area contributed by atoms with E-state index in [-0.39, 0.29) is 29.6 Å². The fourth-order valence-electron chi connectivity index (χ4n) is 0.0577. The Balaban J connectivity index is 0.